The molecule has 0 aliphatic rings. The lowest BCUT2D eigenvalue weighted by Gasteiger charge is -2.28. The van der Waals surface area contributed by atoms with Crippen molar-refractivity contribution in [2.24, 2.45) is 7.05 Å². The molecule has 0 aliphatic heterocycles. The lowest BCUT2D eigenvalue weighted by Crippen LogP contribution is -3.00. The topological polar surface area (TPSA) is 77.1 Å². The van der Waals surface area contributed by atoms with Crippen molar-refractivity contribution >= 4 is 33.4 Å². The Morgan fingerprint density at radius 3 is 2.44 bits per heavy atom. The SMILES string of the molecule is COc1cc(C(C)(C)c2cnc(SCc3c(F)cc(S(=O)(=O)NCCc4ccc[n+](C)c4)cc3Cl)n2-c2ccc(F)cc2)ccc1F.[Cl-]. The molecule has 48 heavy (non-hydrogen) atoms. The van der Waals surface area contributed by atoms with Crippen LogP contribution in [0.2, 0.25) is 5.02 Å². The van der Waals surface area contributed by atoms with Gasteiger partial charge in [0.05, 0.1) is 23.9 Å². The van der Waals surface area contributed by atoms with Crippen LogP contribution in [0.25, 0.3) is 5.69 Å². The van der Waals surface area contributed by atoms with E-state index in [1.807, 2.05) is 54.6 Å². The van der Waals surface area contributed by atoms with Crippen molar-refractivity contribution in [3.8, 4) is 11.4 Å². The smallest absolute Gasteiger partial charge is 0.240 e. The van der Waals surface area contributed by atoms with E-state index >= 15 is 4.39 Å². The molecular weight excluding hydrogens is 704 g/mol. The summed E-state index contributed by atoms with van der Waals surface area (Å²) in [5.41, 5.74) is 2.36. The molecule has 2 heterocycles. The van der Waals surface area contributed by atoms with E-state index in [4.69, 9.17) is 16.3 Å². The van der Waals surface area contributed by atoms with Crippen LogP contribution < -0.4 is 26.4 Å². The fraction of sp³-hybridized carbons (Fsp3) is 0.235. The summed E-state index contributed by atoms with van der Waals surface area (Å²) >= 11 is 7.65. The molecule has 2 aromatic heterocycles. The molecule has 0 bridgehead atoms. The molecule has 7 nitrogen and oxygen atoms in total. The molecule has 14 heteroatoms. The molecular formula is C34H33Cl2F3N4O3S2. The first kappa shape index (κ1) is 37.3. The van der Waals surface area contributed by atoms with Gasteiger partial charge in [-0.15, -0.1) is 0 Å². The zero-order chi connectivity index (χ0) is 33.9. The van der Waals surface area contributed by atoms with Crippen LogP contribution in [-0.4, -0.2) is 31.6 Å². The number of hydrogen-bond acceptors (Lipinski definition) is 5. The average Bonchev–Trinajstić information content (AvgIpc) is 3.46. The first-order chi connectivity index (χ1) is 22.3. The standard InChI is InChI=1S/C34H33ClF3N4O3S2.ClH/c1-34(2,23-7-12-29(37)31(16-23)45-4)32-19-39-33(42(32)25-10-8-24(36)9-11-25)46-21-27-28(35)17-26(18-30(27)38)47(43,44)40-14-13-22-6-5-15-41(3)20-22;/h5-12,15-20,40H,13-14,21H2,1-4H3;1H/q+1;/p-1. The zero-order valence-electron chi connectivity index (χ0n) is 26.5. The second-order valence-corrected chi connectivity index (χ2v) is 14.5. The van der Waals surface area contributed by atoms with Crippen LogP contribution in [0.3, 0.4) is 0 Å². The van der Waals surface area contributed by atoms with Crippen LogP contribution in [0.5, 0.6) is 5.75 Å². The van der Waals surface area contributed by atoms with Gasteiger partial charge in [-0.2, -0.15) is 0 Å². The Morgan fingerprint density at radius 2 is 1.77 bits per heavy atom. The molecule has 0 spiro atoms. The van der Waals surface area contributed by atoms with Crippen molar-refractivity contribution in [1.29, 1.82) is 0 Å². The number of hydrogen-bond donors (Lipinski definition) is 1. The number of methoxy groups -OCH3 is 1. The number of aromatic nitrogens is 3. The molecule has 0 unspecified atom stereocenters. The molecule has 0 amide bonds. The maximum atomic E-state index is 15.5. The molecule has 5 rings (SSSR count). The van der Waals surface area contributed by atoms with Gasteiger partial charge < -0.3 is 17.1 Å². The van der Waals surface area contributed by atoms with Crippen molar-refractivity contribution in [2.45, 2.75) is 41.5 Å². The van der Waals surface area contributed by atoms with E-state index in [0.717, 1.165) is 17.2 Å². The normalized spacial score (nSPS) is 11.8. The predicted octanol–water partition coefficient (Wildman–Crippen LogP) is 3.92. The molecule has 3 aromatic carbocycles. The average molecular weight is 738 g/mol. The second-order valence-electron chi connectivity index (χ2n) is 11.4. The minimum absolute atomic E-state index is 0. The highest BCUT2D eigenvalue weighted by molar-refractivity contribution is 7.98. The summed E-state index contributed by atoms with van der Waals surface area (Å²) in [5.74, 6) is -1.58. The highest BCUT2D eigenvalue weighted by Gasteiger charge is 2.31. The van der Waals surface area contributed by atoms with Gasteiger partial charge in [0.1, 0.15) is 18.7 Å². The molecule has 0 saturated heterocycles. The number of halogens is 5. The third-order valence-corrected chi connectivity index (χ3v) is 10.6. The van der Waals surface area contributed by atoms with E-state index in [0.29, 0.717) is 23.0 Å². The fourth-order valence-corrected chi connectivity index (χ4v) is 7.65. The summed E-state index contributed by atoms with van der Waals surface area (Å²) in [7, 11) is -0.765. The molecule has 0 fully saturated rings. The summed E-state index contributed by atoms with van der Waals surface area (Å²) in [4.78, 5) is 4.34. The largest absolute Gasteiger partial charge is 1.00 e. The van der Waals surface area contributed by atoms with Gasteiger partial charge in [-0.3, -0.25) is 4.57 Å². The third-order valence-electron chi connectivity index (χ3n) is 7.80. The van der Waals surface area contributed by atoms with Crippen LogP contribution >= 0.6 is 23.4 Å². The van der Waals surface area contributed by atoms with Crippen LogP contribution in [0.4, 0.5) is 13.2 Å². The number of nitrogens with one attached hydrogen (secondary N) is 1. The van der Waals surface area contributed by atoms with Gasteiger partial charge in [-0.05, 0) is 66.6 Å². The van der Waals surface area contributed by atoms with E-state index < -0.39 is 32.9 Å². The summed E-state index contributed by atoms with van der Waals surface area (Å²) in [6.07, 6.45) is 5.88. The Labute approximate surface area is 293 Å². The molecule has 254 valence electrons. The Kier molecular flexibility index (Phi) is 11.9. The van der Waals surface area contributed by atoms with Gasteiger partial charge in [-0.25, -0.2) is 35.9 Å². The Balaban J connectivity index is 0.00000520. The van der Waals surface area contributed by atoms with Gasteiger partial charge in [0, 0.05) is 45.6 Å². The van der Waals surface area contributed by atoms with Crippen LogP contribution in [0.1, 0.15) is 36.2 Å². The monoisotopic (exact) mass is 736 g/mol. The first-order valence-electron chi connectivity index (χ1n) is 14.5. The number of rotatable bonds is 12. The first-order valence-corrected chi connectivity index (χ1v) is 17.4. The maximum absolute atomic E-state index is 15.5. The fourth-order valence-electron chi connectivity index (χ4n) is 5.13. The molecule has 0 saturated carbocycles. The molecule has 0 radical (unpaired) electrons. The van der Waals surface area contributed by atoms with Gasteiger partial charge >= 0.3 is 0 Å². The van der Waals surface area contributed by atoms with E-state index in [2.05, 4.69) is 9.71 Å². The number of ether oxygens (including phenoxy) is 1. The zero-order valence-corrected chi connectivity index (χ0v) is 29.6. The lowest BCUT2D eigenvalue weighted by molar-refractivity contribution is -0.671. The van der Waals surface area contributed by atoms with Gasteiger partial charge in [0.15, 0.2) is 29.1 Å². The minimum Gasteiger partial charge on any atom is -1.00 e. The highest BCUT2D eigenvalue weighted by atomic mass is 35.5. The van der Waals surface area contributed by atoms with Gasteiger partial charge in [0.25, 0.3) is 0 Å². The lowest BCUT2D eigenvalue weighted by atomic mass is 9.81. The Morgan fingerprint density at radius 1 is 1.04 bits per heavy atom. The summed E-state index contributed by atoms with van der Waals surface area (Å²) < 4.78 is 80.9. The quantitative estimate of drug-likeness (QED) is 0.155. The van der Waals surface area contributed by atoms with Crippen molar-refractivity contribution in [1.82, 2.24) is 14.3 Å². The molecule has 5 aromatic rings. The molecule has 1 N–H and O–H groups in total. The number of thioether (sulfide) groups is 1. The number of aryl methyl sites for hydroxylation is 1. The highest BCUT2D eigenvalue weighted by Crippen LogP contribution is 2.39. The van der Waals surface area contributed by atoms with Crippen molar-refractivity contribution in [3.05, 3.63) is 130 Å². The van der Waals surface area contributed by atoms with Crippen LogP contribution in [0, 0.1) is 17.5 Å². The Bertz CT molecular complexity index is 2000. The van der Waals surface area contributed by atoms with E-state index in [9.17, 15) is 17.2 Å². The molecule has 0 aliphatic carbocycles. The minimum atomic E-state index is -4.03. The van der Waals surface area contributed by atoms with Crippen molar-refractivity contribution in [3.63, 3.8) is 0 Å². The maximum Gasteiger partial charge on any atom is 0.240 e. The van der Waals surface area contributed by atoms with Crippen molar-refractivity contribution in [2.75, 3.05) is 13.7 Å². The van der Waals surface area contributed by atoms with Gasteiger partial charge in [0.2, 0.25) is 10.0 Å². The summed E-state index contributed by atoms with van der Waals surface area (Å²) in [6.45, 7) is 4.00. The Hall–Kier alpha value is -3.55. The summed E-state index contributed by atoms with van der Waals surface area (Å²) in [6, 6.07) is 16.4. The number of sulfonamides is 1. The predicted molar refractivity (Wildman–Crippen MR) is 176 cm³/mol. The number of pyridine rings is 1. The van der Waals surface area contributed by atoms with E-state index in [1.54, 1.807) is 30.5 Å². The third kappa shape index (κ3) is 8.18. The second kappa shape index (κ2) is 15.3. The van der Waals surface area contributed by atoms with Crippen LogP contribution in [0.15, 0.2) is 95.4 Å². The van der Waals surface area contributed by atoms with Gasteiger partial charge in [-0.1, -0.05) is 43.3 Å². The van der Waals surface area contributed by atoms with E-state index in [-0.39, 0.29) is 45.9 Å². The van der Waals surface area contributed by atoms with Crippen LogP contribution in [-0.2, 0) is 34.7 Å². The number of nitrogens with zero attached hydrogens (tertiary/aromatic N) is 3. The van der Waals surface area contributed by atoms with E-state index in [1.165, 1.54) is 43.1 Å². The number of benzene rings is 3. The van der Waals surface area contributed by atoms with Crippen molar-refractivity contribution < 1.29 is 43.3 Å². The summed E-state index contributed by atoms with van der Waals surface area (Å²) in [5, 5.41) is 0.406. The molecule has 0 atom stereocenters. The number of imidazole rings is 1.